The van der Waals surface area contributed by atoms with Gasteiger partial charge in [0, 0.05) is 10.0 Å². The highest BCUT2D eigenvalue weighted by Gasteiger charge is 2.15. The zero-order valence-electron chi connectivity index (χ0n) is 11.1. The fraction of sp³-hybridized carbons (Fsp3) is 0.294. The molecular formula is C17H16Cl2O. The number of benzene rings is 2. The van der Waals surface area contributed by atoms with Gasteiger partial charge >= 0.3 is 0 Å². The maximum absolute atomic E-state index is 10.5. The highest BCUT2D eigenvalue weighted by Crippen LogP contribution is 2.30. The summed E-state index contributed by atoms with van der Waals surface area (Å²) in [7, 11) is 0. The average Bonchev–Trinajstić information content (AvgIpc) is 2.45. The number of rotatable bonds is 2. The van der Waals surface area contributed by atoms with Crippen molar-refractivity contribution >= 4 is 23.2 Å². The monoisotopic (exact) mass is 306 g/mol. The van der Waals surface area contributed by atoms with Crippen LogP contribution in [0.3, 0.4) is 0 Å². The van der Waals surface area contributed by atoms with E-state index in [1.54, 1.807) is 18.2 Å². The van der Waals surface area contributed by atoms with Crippen molar-refractivity contribution in [3.63, 3.8) is 0 Å². The molecule has 1 aliphatic rings. The average molecular weight is 307 g/mol. The highest BCUT2D eigenvalue weighted by atomic mass is 35.5. The highest BCUT2D eigenvalue weighted by molar-refractivity contribution is 6.34. The molecule has 0 aliphatic heterocycles. The lowest BCUT2D eigenvalue weighted by molar-refractivity contribution is 0.220. The largest absolute Gasteiger partial charge is 0.384 e. The van der Waals surface area contributed by atoms with Crippen LogP contribution < -0.4 is 0 Å². The van der Waals surface area contributed by atoms with Crippen LogP contribution in [-0.2, 0) is 12.8 Å². The molecule has 1 nitrogen and oxygen atoms in total. The van der Waals surface area contributed by atoms with Gasteiger partial charge in [-0.1, -0.05) is 41.4 Å². The maximum Gasteiger partial charge on any atom is 0.104 e. The molecule has 1 unspecified atom stereocenters. The number of aliphatic hydroxyl groups is 1. The van der Waals surface area contributed by atoms with E-state index in [0.29, 0.717) is 10.0 Å². The fourth-order valence-electron chi connectivity index (χ4n) is 2.85. The zero-order chi connectivity index (χ0) is 14.1. The van der Waals surface area contributed by atoms with Crippen LogP contribution in [0.25, 0.3) is 0 Å². The summed E-state index contributed by atoms with van der Waals surface area (Å²) < 4.78 is 0. The van der Waals surface area contributed by atoms with Crippen LogP contribution in [0.1, 0.15) is 41.2 Å². The van der Waals surface area contributed by atoms with Crippen molar-refractivity contribution in [2.75, 3.05) is 0 Å². The van der Waals surface area contributed by atoms with Crippen LogP contribution in [-0.4, -0.2) is 5.11 Å². The normalized spacial score (nSPS) is 15.8. The van der Waals surface area contributed by atoms with Gasteiger partial charge in [-0.2, -0.15) is 0 Å². The van der Waals surface area contributed by atoms with E-state index in [9.17, 15) is 5.11 Å². The molecule has 0 fully saturated rings. The van der Waals surface area contributed by atoms with Crippen LogP contribution in [0.4, 0.5) is 0 Å². The Morgan fingerprint density at radius 1 is 0.800 bits per heavy atom. The lowest BCUT2D eigenvalue weighted by atomic mass is 9.88. The van der Waals surface area contributed by atoms with Gasteiger partial charge in [-0.25, -0.2) is 0 Å². The molecular weight excluding hydrogens is 291 g/mol. The van der Waals surface area contributed by atoms with Crippen molar-refractivity contribution in [2.24, 2.45) is 0 Å². The number of aliphatic hydroxyl groups excluding tert-OH is 1. The summed E-state index contributed by atoms with van der Waals surface area (Å²) in [6, 6.07) is 11.5. The van der Waals surface area contributed by atoms with Gasteiger partial charge in [0.15, 0.2) is 0 Å². The van der Waals surface area contributed by atoms with Gasteiger partial charge in [0.2, 0.25) is 0 Å². The molecule has 0 heterocycles. The molecule has 104 valence electrons. The van der Waals surface area contributed by atoms with Gasteiger partial charge in [-0.15, -0.1) is 0 Å². The first-order valence-electron chi connectivity index (χ1n) is 6.89. The number of hydrogen-bond donors (Lipinski definition) is 1. The Hall–Kier alpha value is -1.02. The standard InChI is InChI=1S/C17H16Cl2O/c18-15-8-14(9-16(19)10-15)17(20)13-6-5-11-3-1-2-4-12(11)7-13/h5-10,17,20H,1-4H2. The molecule has 3 heteroatoms. The molecule has 1 aliphatic carbocycles. The summed E-state index contributed by atoms with van der Waals surface area (Å²) in [5, 5.41) is 11.6. The first kappa shape index (κ1) is 13.9. The third kappa shape index (κ3) is 2.85. The Balaban J connectivity index is 1.95. The van der Waals surface area contributed by atoms with Gasteiger partial charge in [0.25, 0.3) is 0 Å². The molecule has 0 saturated carbocycles. The Morgan fingerprint density at radius 3 is 2.15 bits per heavy atom. The molecule has 1 N–H and O–H groups in total. The minimum absolute atomic E-state index is 0.546. The lowest BCUT2D eigenvalue weighted by Gasteiger charge is -2.19. The van der Waals surface area contributed by atoms with Crippen LogP contribution in [0, 0.1) is 0 Å². The van der Waals surface area contributed by atoms with Crippen molar-refractivity contribution in [3.8, 4) is 0 Å². The summed E-state index contributed by atoms with van der Waals surface area (Å²) >= 11 is 12.0. The first-order chi connectivity index (χ1) is 9.63. The predicted octanol–water partition coefficient (Wildman–Crippen LogP) is 4.95. The molecule has 20 heavy (non-hydrogen) atoms. The molecule has 0 spiro atoms. The second kappa shape index (κ2) is 5.77. The number of hydrogen-bond acceptors (Lipinski definition) is 1. The second-order valence-corrected chi connectivity index (χ2v) is 6.21. The third-order valence-corrected chi connectivity index (χ3v) is 4.33. The summed E-state index contributed by atoms with van der Waals surface area (Å²) in [6.45, 7) is 0. The van der Waals surface area contributed by atoms with Crippen molar-refractivity contribution in [1.29, 1.82) is 0 Å². The SMILES string of the molecule is OC(c1cc(Cl)cc(Cl)c1)c1ccc2c(c1)CCCC2. The first-order valence-corrected chi connectivity index (χ1v) is 7.65. The number of fused-ring (bicyclic) bond motifs is 1. The van der Waals surface area contributed by atoms with Gasteiger partial charge in [-0.3, -0.25) is 0 Å². The maximum atomic E-state index is 10.5. The van der Waals surface area contributed by atoms with Crippen molar-refractivity contribution < 1.29 is 5.11 Å². The molecule has 3 rings (SSSR count). The van der Waals surface area contributed by atoms with E-state index < -0.39 is 6.10 Å². The van der Waals surface area contributed by atoms with Crippen molar-refractivity contribution in [1.82, 2.24) is 0 Å². The van der Waals surface area contributed by atoms with E-state index in [1.807, 2.05) is 6.07 Å². The molecule has 0 radical (unpaired) electrons. The number of halogens is 2. The molecule has 0 saturated heterocycles. The van der Waals surface area contributed by atoms with E-state index in [0.717, 1.165) is 24.0 Å². The molecule has 2 aromatic carbocycles. The predicted molar refractivity (Wildman–Crippen MR) is 83.6 cm³/mol. The fourth-order valence-corrected chi connectivity index (χ4v) is 3.39. The third-order valence-electron chi connectivity index (χ3n) is 3.89. The van der Waals surface area contributed by atoms with Crippen LogP contribution >= 0.6 is 23.2 Å². The lowest BCUT2D eigenvalue weighted by Crippen LogP contribution is -2.06. The quantitative estimate of drug-likeness (QED) is 0.832. The Morgan fingerprint density at radius 2 is 1.45 bits per heavy atom. The van der Waals surface area contributed by atoms with Crippen LogP contribution in [0.5, 0.6) is 0 Å². The van der Waals surface area contributed by atoms with E-state index in [2.05, 4.69) is 12.1 Å². The van der Waals surface area contributed by atoms with Crippen molar-refractivity contribution in [3.05, 3.63) is 68.7 Å². The van der Waals surface area contributed by atoms with Gasteiger partial charge in [0.05, 0.1) is 0 Å². The van der Waals surface area contributed by atoms with E-state index >= 15 is 0 Å². The molecule has 0 amide bonds. The van der Waals surface area contributed by atoms with Gasteiger partial charge in [-0.05, 0) is 66.1 Å². The molecule has 2 aromatic rings. The van der Waals surface area contributed by atoms with Gasteiger partial charge < -0.3 is 5.11 Å². The smallest absolute Gasteiger partial charge is 0.104 e. The number of aryl methyl sites for hydroxylation is 2. The summed E-state index contributed by atoms with van der Waals surface area (Å²) in [5.74, 6) is 0. The Kier molecular flexibility index (Phi) is 4.02. The summed E-state index contributed by atoms with van der Waals surface area (Å²) in [4.78, 5) is 0. The minimum atomic E-state index is -0.682. The molecule has 0 bridgehead atoms. The summed E-state index contributed by atoms with van der Waals surface area (Å²) in [5.41, 5.74) is 4.42. The summed E-state index contributed by atoms with van der Waals surface area (Å²) in [6.07, 6.45) is 4.06. The molecule has 0 aromatic heterocycles. The van der Waals surface area contributed by atoms with Crippen LogP contribution in [0.2, 0.25) is 10.0 Å². The zero-order valence-corrected chi connectivity index (χ0v) is 12.6. The Labute approximate surface area is 129 Å². The second-order valence-electron chi connectivity index (χ2n) is 5.34. The van der Waals surface area contributed by atoms with Gasteiger partial charge in [0.1, 0.15) is 6.10 Å². The van der Waals surface area contributed by atoms with Crippen molar-refractivity contribution in [2.45, 2.75) is 31.8 Å². The van der Waals surface area contributed by atoms with E-state index in [-0.39, 0.29) is 0 Å². The topological polar surface area (TPSA) is 20.2 Å². The minimum Gasteiger partial charge on any atom is -0.384 e. The van der Waals surface area contributed by atoms with Crippen LogP contribution in [0.15, 0.2) is 36.4 Å². The Bertz CT molecular complexity index is 617. The van der Waals surface area contributed by atoms with E-state index in [4.69, 9.17) is 23.2 Å². The van der Waals surface area contributed by atoms with E-state index in [1.165, 1.54) is 24.0 Å². The molecule has 1 atom stereocenters.